The first kappa shape index (κ1) is 110. The molecule has 6 aromatic rings. The summed E-state index contributed by atoms with van der Waals surface area (Å²) in [5.41, 5.74) is 20.1. The molecule has 6 heterocycles. The third-order valence-electron chi connectivity index (χ3n) is 24.8. The van der Waals surface area contributed by atoms with E-state index in [1.54, 1.807) is 123 Å². The molecule has 13 atom stereocenters. The SMILES string of the molecule is CC(=O)N[C@@H](Cc1c[nH]c2ccccc12)C(=O)N[C@H](C(=O)N[C@H](C(=O)N[C@H]1CSSC[C@@H](C(=O)N[C@@H](Cc2c[nH]c3ccccc23)C(=O)N2CCC[C@H]2C(N)=O)NC(=O)[C@H](CC(=O)O)NC(=O)[C@H](CCCCNC(=O)CN2CCN(CC(=O)O)CCN(CC=O)CCN(CC(=O)O)CC2)NC(=O)[C@H](Cc2ccc3ccccc3c2)NC(=O)[C@H](CC(N)=O)NC(=O)[C@H](CC(N)=O)NC1=O)C1CCOCC1)[C@@H](C)O. The predicted molar refractivity (Wildman–Crippen MR) is 516 cm³/mol. The van der Waals surface area contributed by atoms with E-state index in [0.29, 0.717) is 78.2 Å². The summed E-state index contributed by atoms with van der Waals surface area (Å²) in [5, 5.41) is 74.9. The Labute approximate surface area is 823 Å². The van der Waals surface area contributed by atoms with Crippen molar-refractivity contribution in [1.29, 1.82) is 0 Å². The minimum Gasteiger partial charge on any atom is -0.481 e. The summed E-state index contributed by atoms with van der Waals surface area (Å²) in [6.45, 7) is 2.68. The third-order valence-corrected chi connectivity index (χ3v) is 27.2. The number of aromatic amines is 2. The van der Waals surface area contributed by atoms with Crippen LogP contribution in [0.2, 0.25) is 0 Å². The Morgan fingerprint density at radius 2 is 1.04 bits per heavy atom. The Kier molecular flexibility index (Phi) is 42.2. The van der Waals surface area contributed by atoms with Gasteiger partial charge in [-0.3, -0.25) is 111 Å². The maximum absolute atomic E-state index is 15.6. The van der Waals surface area contributed by atoms with Crippen molar-refractivity contribution < 1.29 is 121 Å². The highest BCUT2D eigenvalue weighted by Gasteiger charge is 2.43. The van der Waals surface area contributed by atoms with E-state index in [0.717, 1.165) is 12.3 Å². The van der Waals surface area contributed by atoms with Crippen LogP contribution in [0.3, 0.4) is 0 Å². The van der Waals surface area contributed by atoms with Crippen molar-refractivity contribution in [2.75, 3.05) is 116 Å². The number of carbonyl (C=O) groups is 20. The Hall–Kier alpha value is -13.7. The molecule has 4 fully saturated rings. The number of carboxylic acids is 3. The van der Waals surface area contributed by atoms with Gasteiger partial charge in [0.05, 0.1) is 51.5 Å². The molecule has 0 spiro atoms. The minimum absolute atomic E-state index is 0.00410. The first-order chi connectivity index (χ1) is 67.9. The molecule has 0 saturated carbocycles. The van der Waals surface area contributed by atoms with Crippen molar-refractivity contribution in [2.45, 2.75) is 176 Å². The predicted octanol–water partition coefficient (Wildman–Crippen LogP) is -5.04. The third kappa shape index (κ3) is 33.8. The fourth-order valence-electron chi connectivity index (χ4n) is 17.3. The van der Waals surface area contributed by atoms with E-state index in [2.05, 4.69) is 73.8 Å². The van der Waals surface area contributed by atoms with Gasteiger partial charge < -0.3 is 126 Å². The molecular weight excluding hydrogens is 1890 g/mol. The van der Waals surface area contributed by atoms with Gasteiger partial charge in [-0.2, -0.15) is 0 Å². The van der Waals surface area contributed by atoms with Crippen LogP contribution < -0.4 is 81.0 Å². The number of nitrogens with two attached hydrogens (primary N) is 3. The zero-order valence-corrected chi connectivity index (χ0v) is 80.2. The van der Waals surface area contributed by atoms with E-state index in [9.17, 15) is 73.2 Å². The van der Waals surface area contributed by atoms with Gasteiger partial charge in [0, 0.05) is 151 Å². The number of aldehydes is 1. The summed E-state index contributed by atoms with van der Waals surface area (Å²) in [6.07, 6.45) is -2.01. The molecule has 0 unspecified atom stereocenters. The number of ether oxygens (including phenoxy) is 1. The summed E-state index contributed by atoms with van der Waals surface area (Å²) >= 11 is 0. The number of aliphatic carboxylic acids is 3. The maximum Gasteiger partial charge on any atom is 0.317 e. The molecule has 24 N–H and O–H groups in total. The normalized spacial score (nSPS) is 21.6. The number of unbranched alkanes of at least 4 members (excludes halogenated alkanes) is 1. The lowest BCUT2D eigenvalue weighted by Gasteiger charge is -2.33. The van der Waals surface area contributed by atoms with Crippen LogP contribution in [0, 0.1) is 5.92 Å². The lowest BCUT2D eigenvalue weighted by Crippen LogP contribution is -2.63. The number of aliphatic hydroxyl groups is 1. The van der Waals surface area contributed by atoms with E-state index in [4.69, 9.17) is 21.9 Å². The highest BCUT2D eigenvalue weighted by molar-refractivity contribution is 8.76. The van der Waals surface area contributed by atoms with Gasteiger partial charge in [0.1, 0.15) is 78.8 Å². The van der Waals surface area contributed by atoms with Crippen LogP contribution in [-0.2, 0) is 120 Å². The van der Waals surface area contributed by atoms with E-state index in [-0.39, 0.29) is 150 Å². The molecule has 768 valence electrons. The van der Waals surface area contributed by atoms with Crippen LogP contribution in [-0.4, -0.2) is 369 Å². The van der Waals surface area contributed by atoms with Crippen molar-refractivity contribution in [3.63, 3.8) is 0 Å². The number of aliphatic hydroxyl groups excluding tert-OH is 1. The monoisotopic (exact) mass is 2010 g/mol. The number of hydrogen-bond acceptors (Lipinski definition) is 28. The van der Waals surface area contributed by atoms with Gasteiger partial charge in [0.2, 0.25) is 94.5 Å². The Bertz CT molecular complexity index is 5510. The number of carbonyl (C=O) groups excluding carboxylic acids is 17. The summed E-state index contributed by atoms with van der Waals surface area (Å²) in [6, 6.07) is 4.25. The fourth-order valence-corrected chi connectivity index (χ4v) is 19.6. The van der Waals surface area contributed by atoms with Crippen LogP contribution in [0.5, 0.6) is 0 Å². The Morgan fingerprint density at radius 3 is 1.61 bits per heavy atom. The lowest BCUT2D eigenvalue weighted by atomic mass is 9.90. The second-order valence-corrected chi connectivity index (χ2v) is 38.0. The summed E-state index contributed by atoms with van der Waals surface area (Å²) in [4.78, 5) is 297. The zero-order chi connectivity index (χ0) is 103. The first-order valence-corrected chi connectivity index (χ1v) is 49.2. The van der Waals surface area contributed by atoms with Gasteiger partial charge in [0.25, 0.3) is 0 Å². The zero-order valence-electron chi connectivity index (χ0n) is 78.5. The van der Waals surface area contributed by atoms with Gasteiger partial charge in [0.15, 0.2) is 0 Å². The molecule has 2 aromatic heterocycles. The molecule has 0 radical (unpaired) electrons. The number of para-hydroxylation sites is 2. The second-order valence-electron chi connectivity index (χ2n) is 35.4. The van der Waals surface area contributed by atoms with E-state index in [1.807, 2.05) is 0 Å². The molecule has 142 heavy (non-hydrogen) atoms. The number of likely N-dealkylation sites (tertiary alicyclic amines) is 1. The number of H-pyrrole nitrogens is 2. The summed E-state index contributed by atoms with van der Waals surface area (Å²) in [7, 11) is 1.36. The Balaban J connectivity index is 1.01. The highest BCUT2D eigenvalue weighted by atomic mass is 33.1. The van der Waals surface area contributed by atoms with Gasteiger partial charge >= 0.3 is 17.9 Å². The molecule has 10 rings (SSSR count). The molecule has 0 bridgehead atoms. The number of rotatable bonds is 38. The first-order valence-electron chi connectivity index (χ1n) is 46.7. The van der Waals surface area contributed by atoms with Gasteiger partial charge in [-0.05, 0) is 97.4 Å². The summed E-state index contributed by atoms with van der Waals surface area (Å²) in [5.74, 6) is -23.8. The highest BCUT2D eigenvalue weighted by Crippen LogP contribution is 2.29. The molecule has 4 aliphatic rings. The van der Waals surface area contributed by atoms with Crippen LogP contribution >= 0.6 is 21.6 Å². The van der Waals surface area contributed by atoms with Gasteiger partial charge in [-0.15, -0.1) is 0 Å². The van der Waals surface area contributed by atoms with Crippen LogP contribution in [0.1, 0.15) is 94.7 Å². The number of nitrogens with one attached hydrogen (secondary N) is 14. The quantitative estimate of drug-likeness (QED) is 0.00980. The van der Waals surface area contributed by atoms with Crippen LogP contribution in [0.4, 0.5) is 0 Å². The van der Waals surface area contributed by atoms with Crippen molar-refractivity contribution in [3.8, 4) is 0 Å². The average molecular weight is 2010 g/mol. The van der Waals surface area contributed by atoms with E-state index < -0.39 is 241 Å². The van der Waals surface area contributed by atoms with Crippen molar-refractivity contribution >= 4 is 173 Å². The van der Waals surface area contributed by atoms with Crippen LogP contribution in [0.15, 0.2) is 103 Å². The molecule has 4 aromatic carbocycles. The molecule has 4 saturated heterocycles. The number of primary amides is 3. The van der Waals surface area contributed by atoms with Crippen LogP contribution in [0.25, 0.3) is 32.6 Å². The molecular formula is C93H124N22O25S2. The molecule has 4 aliphatic heterocycles. The summed E-state index contributed by atoms with van der Waals surface area (Å²) < 4.78 is 5.64. The number of nitrogens with zero attached hydrogens (tertiary/aromatic N) is 5. The van der Waals surface area contributed by atoms with Gasteiger partial charge in [-0.25, -0.2) is 0 Å². The van der Waals surface area contributed by atoms with E-state index in [1.165, 1.54) is 11.8 Å². The lowest BCUT2D eigenvalue weighted by molar-refractivity contribution is -0.142. The number of benzene rings is 4. The molecule has 0 aliphatic carbocycles. The topological polar surface area (TPSA) is 702 Å². The number of hydrogen-bond donors (Lipinski definition) is 21. The van der Waals surface area contributed by atoms with Gasteiger partial charge in [-0.1, -0.05) is 100 Å². The van der Waals surface area contributed by atoms with E-state index >= 15 is 43.2 Å². The largest absolute Gasteiger partial charge is 0.481 e. The maximum atomic E-state index is 15.6. The average Bonchev–Trinajstić information content (AvgIpc) is 1.84. The van der Waals surface area contributed by atoms with Crippen molar-refractivity contribution in [2.24, 2.45) is 23.1 Å². The molecule has 47 nitrogen and oxygen atoms in total. The molecule has 49 heteroatoms. The number of amides is 16. The number of carboxylic acid groups (broad SMARTS) is 3. The molecule has 16 amide bonds. The number of fused-ring (bicyclic) bond motifs is 3. The standard InChI is InChI=1S/C93H124N22O25S2/c1-52(117)80(109-88(134)66(100-53(2)118)40-58-45-98-62-16-7-5-14-60(58)62)91(137)110-81(56-22-36-140-37-23-56)92(138)108-72-51-142-141-50-71(90(136)106-70(93(139)115-25-11-19-73(115)82(96)128)41-59-46-99-63-17-8-6-15-61(59)63)107-87(133)69(44-77(122)123)105-83(129)64(18-9-10-24-97-76(121)47-112-30-32-113(48-78(124)125)28-26-111(34-35-116)27-29-114(33-31-112)49-79(126)127)101-84(130)65(39-54-20-21-55-12-3-4-13-57(55)38-54)102-85(131)67(42-74(94)119)103-86(132)68(43-75(95)120)104-89(72)135/h3-8,12-17,20-21,35,38,45-46,52,56,64-73,80-81,98-99,117H,9-11,18-19,22-34,36-37,39-44,47-51H2,1-2H3,(H2,94,119)(H2,95,120)(H2,96,128)(H,97,121)(H,100,118)(H,101,130)(H,102,131)(H,103,132)(H,104,135)(H,105,129)(H,106,136)(H,107,133)(H,108,138)(H,109,134)(H,110,137)(H,122,123)(H,124,125)(H,126,127)/t52-,64+,65+,66+,67+,68+,69+,70+,71+,72+,73+,80+,81+/m1/s1. The van der Waals surface area contributed by atoms with Crippen molar-refractivity contribution in [3.05, 3.63) is 120 Å². The smallest absolute Gasteiger partial charge is 0.317 e. The Morgan fingerprint density at radius 1 is 0.528 bits per heavy atom. The minimum atomic E-state index is -2.20. The fraction of sp³-hybridized carbons (Fsp3) is 0.505. The van der Waals surface area contributed by atoms with Crippen molar-refractivity contribution in [1.82, 2.24) is 98.3 Å². The number of aromatic nitrogens is 2. The second kappa shape index (κ2) is 54.3.